The Morgan fingerprint density at radius 1 is 0.727 bits per heavy atom. The number of quaternary nitrogens is 1. The molecular formula is C49H57Cl2IN2Ru-. The zero-order valence-corrected chi connectivity index (χ0v) is 38.7. The van der Waals surface area contributed by atoms with Crippen molar-refractivity contribution in [2.75, 3.05) is 4.90 Å². The number of rotatable bonds is 10. The third-order valence-corrected chi connectivity index (χ3v) is 14.2. The van der Waals surface area contributed by atoms with Gasteiger partial charge in [0.15, 0.2) is 0 Å². The summed E-state index contributed by atoms with van der Waals surface area (Å²) < 4.78 is 2.91. The van der Waals surface area contributed by atoms with Crippen LogP contribution in [0, 0.1) is 6.54 Å². The van der Waals surface area contributed by atoms with E-state index in [0.717, 1.165) is 22.3 Å². The molecule has 5 aromatic carbocycles. The molecule has 1 radical (unpaired) electrons. The molecule has 2 nitrogen and oxygen atoms in total. The molecule has 7 rings (SSSR count). The van der Waals surface area contributed by atoms with Crippen LogP contribution >= 0.6 is 19.4 Å². The average molecular weight is 973 g/mol. The number of benzene rings is 5. The van der Waals surface area contributed by atoms with Crippen LogP contribution in [0.15, 0.2) is 127 Å². The van der Waals surface area contributed by atoms with E-state index in [1.165, 1.54) is 64.8 Å². The van der Waals surface area contributed by atoms with Crippen molar-refractivity contribution in [2.45, 2.75) is 110 Å². The van der Waals surface area contributed by atoms with Gasteiger partial charge in [0.05, 0.1) is 0 Å². The normalized spacial score (nSPS) is 17.9. The number of hydrogen-bond donors (Lipinski definition) is 0. The molecule has 1 fully saturated rings. The molecule has 6 heteroatoms. The monoisotopic (exact) mass is 972 g/mol. The number of anilines is 1. The summed E-state index contributed by atoms with van der Waals surface area (Å²) in [5, 5.41) is 0. The number of nitrogens with zero attached hydrogens (tertiary/aromatic N) is 2. The van der Waals surface area contributed by atoms with Gasteiger partial charge in [-0.25, -0.2) is 6.54 Å². The van der Waals surface area contributed by atoms with Crippen molar-refractivity contribution >= 4 is 29.7 Å². The van der Waals surface area contributed by atoms with E-state index in [9.17, 15) is 0 Å². The Labute approximate surface area is 358 Å². The zero-order chi connectivity index (χ0) is 39.2. The van der Waals surface area contributed by atoms with Crippen LogP contribution in [0.2, 0.25) is 0 Å². The predicted octanol–water partition coefficient (Wildman–Crippen LogP) is 10.3. The first-order valence-corrected chi connectivity index (χ1v) is 26.1. The molecule has 1 heterocycles. The van der Waals surface area contributed by atoms with Gasteiger partial charge in [-0.15, -0.1) is 5.41 Å². The Morgan fingerprint density at radius 2 is 1.27 bits per heavy atom. The van der Waals surface area contributed by atoms with Gasteiger partial charge in [0.1, 0.15) is 0 Å². The van der Waals surface area contributed by atoms with E-state index in [2.05, 4.69) is 208 Å². The SMILES string of the molecule is CC(C)c1cccc(C(C)C)c1N1[CH-]C2(CCCc3ccccc32)CC1(C)C.[Cl][Ru]([Cl])=[CH]c1ccccc1C[N+]([I-])(Cc1ccccc1)Cc1ccccc1. The van der Waals surface area contributed by atoms with Crippen LogP contribution in [0.1, 0.15) is 117 Å². The molecule has 55 heavy (non-hydrogen) atoms. The number of halogens is 3. The molecular weight excluding hydrogens is 915 g/mol. The molecule has 1 unspecified atom stereocenters. The first-order valence-electron chi connectivity index (χ1n) is 19.7. The minimum atomic E-state index is -1.86. The third kappa shape index (κ3) is 10.4. The molecule has 0 bridgehead atoms. The standard InChI is InChI=1S/C27H36N.C22H21IN.2ClH.Ru/c1-19(2)22-13-9-14-23(20(3)4)25(22)28-18-27(17-26(28,5)6)16-10-12-21-11-7-8-15-24(21)27;1-19-10-8-9-15-22(19)18-24(23,16-20-11-4-2-5-12-20)17-21-13-6-3-7-14-21;;;/h7-9,11,13-15,18-20H,10,12,16-17H2,1-6H3;1-15H,16-18H2;2*1H;/q-1;;;;+2/p-2. The molecule has 0 N–H and O–H groups in total. The molecule has 1 saturated heterocycles. The molecule has 293 valence electrons. The van der Waals surface area contributed by atoms with Crippen LogP contribution in [0.25, 0.3) is 0 Å². The van der Waals surface area contributed by atoms with E-state index in [1.807, 2.05) is 0 Å². The van der Waals surface area contributed by atoms with Crippen LogP contribution in [-0.2, 0) is 45.0 Å². The first-order chi connectivity index (χ1) is 26.3. The van der Waals surface area contributed by atoms with Gasteiger partial charge in [-0.3, -0.25) is 0 Å². The summed E-state index contributed by atoms with van der Waals surface area (Å²) in [6, 6.07) is 46.0. The maximum absolute atomic E-state index is 6.16. The Morgan fingerprint density at radius 3 is 1.85 bits per heavy atom. The number of aryl methyl sites for hydroxylation is 1. The minimum absolute atomic E-state index is 0.110. The summed E-state index contributed by atoms with van der Waals surface area (Å²) in [4.78, 5) is 2.67. The van der Waals surface area contributed by atoms with E-state index in [0.29, 0.717) is 11.8 Å². The van der Waals surface area contributed by atoms with Crippen molar-refractivity contribution in [3.05, 3.63) is 178 Å². The first kappa shape index (κ1) is 42.3. The second-order valence-electron chi connectivity index (χ2n) is 16.7. The van der Waals surface area contributed by atoms with Gasteiger partial charge in [0.2, 0.25) is 0 Å². The Balaban J connectivity index is 0.000000187. The molecule has 1 atom stereocenters. The Kier molecular flexibility index (Phi) is 14.2. The van der Waals surface area contributed by atoms with E-state index in [1.54, 1.807) is 11.1 Å². The summed E-state index contributed by atoms with van der Waals surface area (Å²) in [5.74, 6) is 1.04. The van der Waals surface area contributed by atoms with Crippen molar-refractivity contribution in [3.63, 3.8) is 0 Å². The van der Waals surface area contributed by atoms with E-state index in [-0.39, 0.29) is 11.0 Å². The van der Waals surface area contributed by atoms with Gasteiger partial charge in [-0.2, -0.15) is 0 Å². The number of para-hydroxylation sites is 1. The molecule has 0 amide bonds. The van der Waals surface area contributed by atoms with E-state index < -0.39 is 13.5 Å². The van der Waals surface area contributed by atoms with Gasteiger partial charge >= 0.3 is 190 Å². The maximum atomic E-state index is 6.16. The van der Waals surface area contributed by atoms with Crippen molar-refractivity contribution < 1.29 is 39.1 Å². The molecule has 0 aromatic heterocycles. The summed E-state index contributed by atoms with van der Waals surface area (Å²) >= 11 is 0.743. The molecule has 1 spiro atoms. The topological polar surface area (TPSA) is 3.24 Å². The van der Waals surface area contributed by atoms with Crippen LogP contribution in [0.4, 0.5) is 5.69 Å². The average Bonchev–Trinajstić information content (AvgIpc) is 3.42. The molecule has 1 aliphatic carbocycles. The Hall–Kier alpha value is -2.34. The van der Waals surface area contributed by atoms with Crippen molar-refractivity contribution in [1.29, 1.82) is 0 Å². The van der Waals surface area contributed by atoms with Crippen molar-refractivity contribution in [2.24, 2.45) is 0 Å². The summed E-state index contributed by atoms with van der Waals surface area (Å²) in [6.45, 7) is 19.6. The van der Waals surface area contributed by atoms with Gasteiger partial charge < -0.3 is 4.90 Å². The van der Waals surface area contributed by atoms with Gasteiger partial charge in [0.25, 0.3) is 0 Å². The summed E-state index contributed by atoms with van der Waals surface area (Å²) in [5.41, 5.74) is 13.0. The van der Waals surface area contributed by atoms with Crippen LogP contribution in [0.3, 0.4) is 0 Å². The molecule has 1 aliphatic heterocycles. The summed E-state index contributed by atoms with van der Waals surface area (Å²) in [6.07, 6.45) is 4.98. The summed E-state index contributed by atoms with van der Waals surface area (Å²) in [7, 11) is 12.3. The quantitative estimate of drug-likeness (QED) is 0.0584. The van der Waals surface area contributed by atoms with E-state index in [4.69, 9.17) is 19.4 Å². The molecule has 2 aliphatic rings. The second kappa shape index (κ2) is 18.5. The van der Waals surface area contributed by atoms with Crippen molar-refractivity contribution in [1.82, 2.24) is 0 Å². The Bertz CT molecular complexity index is 1990. The van der Waals surface area contributed by atoms with Gasteiger partial charge in [0, 0.05) is 11.2 Å². The number of hydrogen-bond acceptors (Lipinski definition) is 1. The van der Waals surface area contributed by atoms with Crippen LogP contribution < -0.4 is 27.8 Å². The van der Waals surface area contributed by atoms with Gasteiger partial charge in [-0.1, -0.05) is 88.6 Å². The van der Waals surface area contributed by atoms with Crippen molar-refractivity contribution in [3.8, 4) is 0 Å². The predicted molar refractivity (Wildman–Crippen MR) is 229 cm³/mol. The fourth-order valence-corrected chi connectivity index (χ4v) is 11.9. The van der Waals surface area contributed by atoms with E-state index >= 15 is 0 Å². The second-order valence-corrected chi connectivity index (χ2v) is 24.5. The fraction of sp³-hybridized carbons (Fsp3) is 0.347. The number of fused-ring (bicyclic) bond motifs is 2. The zero-order valence-electron chi connectivity index (χ0n) is 33.3. The molecule has 0 saturated carbocycles. The van der Waals surface area contributed by atoms with Crippen LogP contribution in [0.5, 0.6) is 0 Å². The molecule has 5 aromatic rings. The van der Waals surface area contributed by atoms with Crippen LogP contribution in [-0.4, -0.2) is 12.8 Å². The third-order valence-electron chi connectivity index (χ3n) is 11.3. The van der Waals surface area contributed by atoms with Gasteiger partial charge in [-0.05, 0) is 55.2 Å². The fourth-order valence-electron chi connectivity index (χ4n) is 8.91.